The molecule has 0 fully saturated rings. The first-order chi connectivity index (χ1) is 13.5. The molecule has 0 aliphatic carbocycles. The number of amides is 1. The van der Waals surface area contributed by atoms with Gasteiger partial charge >= 0.3 is 0 Å². The summed E-state index contributed by atoms with van der Waals surface area (Å²) in [5.74, 6) is 1.42. The van der Waals surface area contributed by atoms with Crippen LogP contribution in [0, 0.1) is 13.8 Å². The number of anilines is 1. The average molecular weight is 375 g/mol. The molecular formula is C21H21N5O2. The topological polar surface area (TPSA) is 88.5 Å². The van der Waals surface area contributed by atoms with E-state index in [2.05, 4.69) is 25.6 Å². The number of ether oxygens (including phenoxy) is 1. The van der Waals surface area contributed by atoms with Crippen molar-refractivity contribution in [1.29, 1.82) is 0 Å². The predicted octanol–water partition coefficient (Wildman–Crippen LogP) is 3.28. The van der Waals surface area contributed by atoms with E-state index in [1.54, 1.807) is 7.11 Å². The number of methoxy groups -OCH3 is 1. The summed E-state index contributed by atoms with van der Waals surface area (Å²) in [5.41, 5.74) is 3.78. The van der Waals surface area contributed by atoms with Crippen molar-refractivity contribution in [3.05, 3.63) is 59.3 Å². The fourth-order valence-electron chi connectivity index (χ4n) is 3.23. The van der Waals surface area contributed by atoms with Crippen molar-refractivity contribution in [3.8, 4) is 5.75 Å². The second-order valence-electron chi connectivity index (χ2n) is 6.80. The van der Waals surface area contributed by atoms with Gasteiger partial charge in [0.15, 0.2) is 0 Å². The number of aliphatic imine (C=N–C) groups is 1. The largest absolute Gasteiger partial charge is 0.497 e. The summed E-state index contributed by atoms with van der Waals surface area (Å²) >= 11 is 0. The fourth-order valence-corrected chi connectivity index (χ4v) is 3.23. The Kier molecular flexibility index (Phi) is 4.65. The maximum Gasteiger partial charge on any atom is 0.230 e. The van der Waals surface area contributed by atoms with Gasteiger partial charge in [0, 0.05) is 5.39 Å². The van der Waals surface area contributed by atoms with Crippen molar-refractivity contribution < 1.29 is 9.53 Å². The van der Waals surface area contributed by atoms with Crippen LogP contribution in [0.2, 0.25) is 0 Å². The molecule has 1 aromatic heterocycles. The number of nitrogens with zero attached hydrogens (tertiary/aromatic N) is 3. The van der Waals surface area contributed by atoms with Crippen LogP contribution in [0.15, 0.2) is 47.5 Å². The molecule has 1 amide bonds. The van der Waals surface area contributed by atoms with E-state index in [4.69, 9.17) is 4.74 Å². The Hall–Kier alpha value is -3.48. The lowest BCUT2D eigenvalue weighted by Crippen LogP contribution is -2.40. The number of aromatic nitrogens is 2. The molecule has 4 rings (SSSR count). The average Bonchev–Trinajstić information content (AvgIpc) is 2.67. The number of benzene rings is 2. The summed E-state index contributed by atoms with van der Waals surface area (Å²) in [7, 11) is 1.62. The zero-order chi connectivity index (χ0) is 19.7. The van der Waals surface area contributed by atoms with Crippen LogP contribution in [0.5, 0.6) is 5.75 Å². The van der Waals surface area contributed by atoms with Crippen molar-refractivity contribution >= 4 is 28.7 Å². The van der Waals surface area contributed by atoms with Crippen molar-refractivity contribution in [3.63, 3.8) is 0 Å². The number of guanidine groups is 1. The number of fused-ring (bicyclic) bond motifs is 1. The Balaban J connectivity index is 1.63. The number of hydrogen-bond donors (Lipinski definition) is 2. The molecule has 1 aliphatic heterocycles. The van der Waals surface area contributed by atoms with Crippen LogP contribution in [0.3, 0.4) is 0 Å². The van der Waals surface area contributed by atoms with Crippen molar-refractivity contribution in [2.75, 3.05) is 12.4 Å². The SMILES string of the molecule is COc1ccc(C2CC(=O)NC(Nc3nc(C)c4ccc(C)cc4n3)=N2)cc1. The van der Waals surface area contributed by atoms with E-state index in [-0.39, 0.29) is 18.4 Å². The molecule has 142 valence electrons. The first-order valence-electron chi connectivity index (χ1n) is 9.05. The molecule has 7 heteroatoms. The molecule has 28 heavy (non-hydrogen) atoms. The maximum atomic E-state index is 12.2. The summed E-state index contributed by atoms with van der Waals surface area (Å²) in [6.07, 6.45) is 0.286. The van der Waals surface area contributed by atoms with E-state index >= 15 is 0 Å². The second-order valence-corrected chi connectivity index (χ2v) is 6.80. The monoisotopic (exact) mass is 375 g/mol. The Morgan fingerprint density at radius 2 is 1.89 bits per heavy atom. The van der Waals surface area contributed by atoms with Crippen LogP contribution in [0.1, 0.15) is 29.3 Å². The number of carbonyl (C=O) groups excluding carboxylic acids is 1. The van der Waals surface area contributed by atoms with Gasteiger partial charge in [-0.25, -0.2) is 15.0 Å². The standard InChI is InChI=1S/C21H21N5O2/c1-12-4-9-16-13(2)22-20(24-18(16)10-12)26-21-23-17(11-19(27)25-21)14-5-7-15(28-3)8-6-14/h4-10,17H,11H2,1-3H3,(H2,22,23,24,25,26,27). The van der Waals surface area contributed by atoms with Crippen molar-refractivity contribution in [1.82, 2.24) is 15.3 Å². The predicted molar refractivity (Wildman–Crippen MR) is 109 cm³/mol. The van der Waals surface area contributed by atoms with Gasteiger partial charge < -0.3 is 4.74 Å². The second kappa shape index (κ2) is 7.26. The summed E-state index contributed by atoms with van der Waals surface area (Å²) < 4.78 is 5.19. The van der Waals surface area contributed by atoms with E-state index in [9.17, 15) is 4.79 Å². The highest BCUT2D eigenvalue weighted by molar-refractivity contribution is 6.05. The molecule has 1 atom stereocenters. The summed E-state index contributed by atoms with van der Waals surface area (Å²) in [6, 6.07) is 13.4. The molecular weight excluding hydrogens is 354 g/mol. The molecule has 0 radical (unpaired) electrons. The van der Waals surface area contributed by atoms with Gasteiger partial charge in [0.05, 0.1) is 30.8 Å². The third kappa shape index (κ3) is 3.64. The molecule has 1 unspecified atom stereocenters. The summed E-state index contributed by atoms with van der Waals surface area (Å²) in [4.78, 5) is 25.9. The van der Waals surface area contributed by atoms with Gasteiger partial charge in [-0.3, -0.25) is 15.4 Å². The van der Waals surface area contributed by atoms with E-state index in [1.165, 1.54) is 0 Å². The molecule has 1 aliphatic rings. The highest BCUT2D eigenvalue weighted by Gasteiger charge is 2.23. The molecule has 2 aromatic carbocycles. The molecule has 0 saturated heterocycles. The highest BCUT2D eigenvalue weighted by atomic mass is 16.5. The van der Waals surface area contributed by atoms with Crippen LogP contribution >= 0.6 is 0 Å². The minimum Gasteiger partial charge on any atom is -0.497 e. The van der Waals surface area contributed by atoms with Gasteiger partial charge in [-0.1, -0.05) is 24.3 Å². The van der Waals surface area contributed by atoms with Crippen molar-refractivity contribution in [2.24, 2.45) is 4.99 Å². The fraction of sp³-hybridized carbons (Fsp3) is 0.238. The van der Waals surface area contributed by atoms with Crippen LogP contribution in [-0.2, 0) is 4.79 Å². The van der Waals surface area contributed by atoms with E-state index < -0.39 is 0 Å². The third-order valence-electron chi connectivity index (χ3n) is 4.70. The van der Waals surface area contributed by atoms with Crippen LogP contribution in [0.4, 0.5) is 5.95 Å². The van der Waals surface area contributed by atoms with Crippen LogP contribution in [-0.4, -0.2) is 28.9 Å². The molecule has 2 heterocycles. The summed E-state index contributed by atoms with van der Waals surface area (Å²) in [5, 5.41) is 6.82. The number of hydrogen-bond acceptors (Lipinski definition) is 6. The van der Waals surface area contributed by atoms with Gasteiger partial charge in [-0.15, -0.1) is 0 Å². The highest BCUT2D eigenvalue weighted by Crippen LogP contribution is 2.26. The van der Waals surface area contributed by atoms with E-state index in [0.717, 1.165) is 33.5 Å². The number of aryl methyl sites for hydroxylation is 2. The molecule has 7 nitrogen and oxygen atoms in total. The molecule has 3 aromatic rings. The third-order valence-corrected chi connectivity index (χ3v) is 4.70. The van der Waals surface area contributed by atoms with Gasteiger partial charge in [-0.05, 0) is 43.2 Å². The number of rotatable bonds is 3. The molecule has 2 N–H and O–H groups in total. The Morgan fingerprint density at radius 3 is 2.64 bits per heavy atom. The minimum absolute atomic E-state index is 0.105. The molecule has 0 bridgehead atoms. The van der Waals surface area contributed by atoms with Crippen LogP contribution < -0.4 is 15.4 Å². The normalized spacial score (nSPS) is 16.5. The Bertz CT molecular complexity index is 1080. The Morgan fingerprint density at radius 1 is 1.11 bits per heavy atom. The summed E-state index contributed by atoms with van der Waals surface area (Å²) in [6.45, 7) is 3.96. The lowest BCUT2D eigenvalue weighted by Gasteiger charge is -2.21. The molecule has 0 saturated carbocycles. The smallest absolute Gasteiger partial charge is 0.230 e. The lowest BCUT2D eigenvalue weighted by molar-refractivity contribution is -0.120. The van der Waals surface area contributed by atoms with Gasteiger partial charge in [0.2, 0.25) is 17.8 Å². The molecule has 0 spiro atoms. The van der Waals surface area contributed by atoms with E-state index in [0.29, 0.717) is 11.9 Å². The van der Waals surface area contributed by atoms with E-state index in [1.807, 2.05) is 56.3 Å². The quantitative estimate of drug-likeness (QED) is 0.733. The van der Waals surface area contributed by atoms with Gasteiger partial charge in [-0.2, -0.15) is 0 Å². The first-order valence-corrected chi connectivity index (χ1v) is 9.05. The van der Waals surface area contributed by atoms with Gasteiger partial charge in [0.1, 0.15) is 5.75 Å². The lowest BCUT2D eigenvalue weighted by atomic mass is 10.0. The zero-order valence-corrected chi connectivity index (χ0v) is 16.0. The van der Waals surface area contributed by atoms with Crippen molar-refractivity contribution in [2.45, 2.75) is 26.3 Å². The zero-order valence-electron chi connectivity index (χ0n) is 16.0. The van der Waals surface area contributed by atoms with Crippen LogP contribution in [0.25, 0.3) is 10.9 Å². The first kappa shape index (κ1) is 17.9. The number of nitrogens with one attached hydrogen (secondary N) is 2. The van der Waals surface area contributed by atoms with Gasteiger partial charge in [0.25, 0.3) is 0 Å². The Labute approximate surface area is 162 Å². The maximum absolute atomic E-state index is 12.2. The minimum atomic E-state index is -0.272. The number of carbonyl (C=O) groups is 1.